The van der Waals surface area contributed by atoms with Crippen LogP contribution in [0.3, 0.4) is 0 Å². The number of nitrogens with one attached hydrogen (secondary N) is 1. The van der Waals surface area contributed by atoms with Crippen LogP contribution in [-0.4, -0.2) is 408 Å². The Morgan fingerprint density at radius 3 is 0.664 bits per heavy atom. The standard InChI is InChI=1S/C72H125NO39S/c1-26-47(78)56(87)37(105-64(26)95-15-12-14-73-45(76)13-11-16-113-35(10)75)18-97-66-28(3)49(80)58(89)39(107-66)20-99-68-30(5)51(82)60(91)41(109-68)22-101-70-32(7)53(84)62(93)43(111-70)24-103-72-34(9)54(85)63(94)44(112-72)25-102-71-33(8)52(83)61(92)42(110-71)23-100-69-31(6)50(81)59(90)40(108-69)21-98-67-29(4)48(79)57(88)38(106-67)19-96-65-27(2)46(77)55(86)36(17-74)104-65/h26-34,36-44,46-72,74,77-94H,11-25H2,1-10H3,(H,73,76)/t26?,27?,28?,29?,30?,31?,32?,33?,34?,36?,37?,38?,39?,40?,41?,42?,43?,44?,46-,47-,48-,49-,50-,51-,52-,53-,54-,55+,56+,57+,58+,59+,60+,61+,62+,63+,64-,65-,66-,67-,68-,69-,70-,71-,72-/m1/s1. The first kappa shape index (κ1) is 94.9. The van der Waals surface area contributed by atoms with Crippen LogP contribution < -0.4 is 5.32 Å². The van der Waals surface area contributed by atoms with Gasteiger partial charge in [-0.05, 0) is 12.8 Å². The molecule has 0 aromatic heterocycles. The zero-order valence-corrected chi connectivity index (χ0v) is 66.0. The van der Waals surface area contributed by atoms with Crippen molar-refractivity contribution in [1.29, 1.82) is 0 Å². The number of aliphatic hydroxyl groups is 19. The Morgan fingerprint density at radius 1 is 0.283 bits per heavy atom. The summed E-state index contributed by atoms with van der Waals surface area (Å²) in [7, 11) is 0. The SMILES string of the molecule is CC(=O)SCCCC(=O)NCCCO[C@@H]1OC(CO[C@@H]2OC(CO[C@@H]3OC(CO[C@@H]4OC(CO[C@@H]5OC(CO[C@@H]6OC(CO[C@@H]7OC(CO[C@@H]8OC(CO[C@@H]9OC(CO)[C@H](O)[C@H](O)C9C)[C@H](O)[C@H](O)C8C)[C@H](O)[C@H](O)C7C)[C@H](O)[C@H](O)C6C)[C@H](O)[C@H](O)C5C)[C@H](O)[C@H](O)C4C)[C@H](O)[C@H](O)C3C)[C@H](O)[C@H](O)C2C)[C@H](O)[C@H](O)C1C. The summed E-state index contributed by atoms with van der Waals surface area (Å²) >= 11 is 1.15. The summed E-state index contributed by atoms with van der Waals surface area (Å²) in [6.07, 6.45) is -48.0. The summed E-state index contributed by atoms with van der Waals surface area (Å²) in [5.41, 5.74) is 0. The highest BCUT2D eigenvalue weighted by molar-refractivity contribution is 8.13. The van der Waals surface area contributed by atoms with Crippen LogP contribution in [0.5, 0.6) is 0 Å². The van der Waals surface area contributed by atoms with Crippen LogP contribution in [0.25, 0.3) is 0 Å². The molecule has 0 radical (unpaired) electrons. The molecule has 40 nitrogen and oxygen atoms in total. The smallest absolute Gasteiger partial charge is 0.220 e. The Labute approximate surface area is 659 Å². The van der Waals surface area contributed by atoms with Gasteiger partial charge in [0.1, 0.15) is 110 Å². The minimum atomic E-state index is -1.59. The van der Waals surface area contributed by atoms with Gasteiger partial charge >= 0.3 is 0 Å². The minimum Gasteiger partial charge on any atom is -0.394 e. The molecule has 0 bridgehead atoms. The van der Waals surface area contributed by atoms with E-state index in [4.69, 9.17) is 85.3 Å². The van der Waals surface area contributed by atoms with Crippen molar-refractivity contribution in [2.75, 3.05) is 78.4 Å². The van der Waals surface area contributed by atoms with Crippen molar-refractivity contribution in [3.8, 4) is 0 Å². The second-order valence-electron chi connectivity index (χ2n) is 31.8. The number of carbonyl (C=O) groups excluding carboxylic acids is 2. The summed E-state index contributed by atoms with van der Waals surface area (Å²) in [5.74, 6) is -7.40. The zero-order valence-electron chi connectivity index (χ0n) is 65.2. The number of hydrogen-bond donors (Lipinski definition) is 20. The molecule has 0 spiro atoms. The van der Waals surface area contributed by atoms with Crippen LogP contribution in [0.2, 0.25) is 0 Å². The number of rotatable bonds is 34. The van der Waals surface area contributed by atoms with Gasteiger partial charge in [-0.15, -0.1) is 0 Å². The van der Waals surface area contributed by atoms with Gasteiger partial charge in [0.05, 0.1) is 121 Å². The molecule has 0 aliphatic carbocycles. The Hall–Kier alpha value is -1.99. The first-order valence-corrected chi connectivity index (χ1v) is 40.1. The van der Waals surface area contributed by atoms with Crippen LogP contribution >= 0.6 is 11.8 Å². The van der Waals surface area contributed by atoms with E-state index >= 15 is 0 Å². The van der Waals surface area contributed by atoms with Gasteiger partial charge in [-0.1, -0.05) is 74.1 Å². The summed E-state index contributed by atoms with van der Waals surface area (Å²) < 4.78 is 108. The van der Waals surface area contributed by atoms with E-state index in [0.717, 1.165) is 11.8 Å². The quantitative estimate of drug-likeness (QED) is 0.0266. The number of ether oxygens (including phenoxy) is 18. The number of amides is 1. The van der Waals surface area contributed by atoms with Crippen molar-refractivity contribution in [2.24, 2.45) is 53.3 Å². The van der Waals surface area contributed by atoms with Gasteiger partial charge in [0, 0.05) is 78.9 Å². The minimum absolute atomic E-state index is 0.0205. The van der Waals surface area contributed by atoms with E-state index in [1.807, 2.05) is 0 Å². The van der Waals surface area contributed by atoms with Gasteiger partial charge in [0.15, 0.2) is 61.7 Å². The third kappa shape index (κ3) is 23.2. The fourth-order valence-electron chi connectivity index (χ4n) is 15.1. The number of carbonyl (C=O) groups is 2. The molecule has 0 aromatic rings. The fraction of sp³-hybridized carbons (Fsp3) is 0.972. The summed E-state index contributed by atoms with van der Waals surface area (Å²) in [6, 6.07) is 0. The lowest BCUT2D eigenvalue weighted by molar-refractivity contribution is -0.341. The highest BCUT2D eigenvalue weighted by atomic mass is 32.2. The Balaban J connectivity index is 0.721. The Bertz CT molecular complexity index is 2840. The number of aliphatic hydroxyl groups excluding tert-OH is 19. The highest BCUT2D eigenvalue weighted by Crippen LogP contribution is 2.39. The molecule has 113 heavy (non-hydrogen) atoms. The summed E-state index contributed by atoms with van der Waals surface area (Å²) in [5, 5.41) is 212. The van der Waals surface area contributed by atoms with Crippen molar-refractivity contribution in [3.05, 3.63) is 0 Å². The van der Waals surface area contributed by atoms with Crippen LogP contribution in [0.1, 0.15) is 88.5 Å². The van der Waals surface area contributed by atoms with Gasteiger partial charge in [-0.2, -0.15) is 0 Å². The second-order valence-corrected chi connectivity index (χ2v) is 33.1. The molecule has 9 aliphatic rings. The Kier molecular flexibility index (Phi) is 36.2. The fourth-order valence-corrected chi connectivity index (χ4v) is 15.7. The maximum Gasteiger partial charge on any atom is 0.220 e. The maximum atomic E-state index is 12.2. The summed E-state index contributed by atoms with van der Waals surface area (Å²) in [4.78, 5) is 23.3. The lowest BCUT2D eigenvalue weighted by Crippen LogP contribution is -2.60. The number of hydrogen-bond acceptors (Lipinski definition) is 40. The van der Waals surface area contributed by atoms with Crippen molar-refractivity contribution in [3.63, 3.8) is 0 Å². The maximum absolute atomic E-state index is 12.2. The average Bonchev–Trinajstić information content (AvgIpc) is 0.794. The van der Waals surface area contributed by atoms with Crippen LogP contribution in [0.15, 0.2) is 0 Å². The molecule has 9 heterocycles. The van der Waals surface area contributed by atoms with Crippen molar-refractivity contribution < 1.29 is 192 Å². The van der Waals surface area contributed by atoms with E-state index in [2.05, 4.69) is 5.32 Å². The predicted molar refractivity (Wildman–Crippen MR) is 379 cm³/mol. The molecule has 0 saturated carbocycles. The summed E-state index contributed by atoms with van der Waals surface area (Å²) in [6.45, 7) is 11.5. The van der Waals surface area contributed by atoms with Crippen LogP contribution in [0.4, 0.5) is 0 Å². The van der Waals surface area contributed by atoms with Gasteiger partial charge in [0.25, 0.3) is 0 Å². The molecule has 45 atom stereocenters. The number of thioether (sulfide) groups is 1. The first-order valence-electron chi connectivity index (χ1n) is 39.2. The van der Waals surface area contributed by atoms with E-state index in [1.165, 1.54) is 48.5 Å². The van der Waals surface area contributed by atoms with Crippen molar-refractivity contribution in [2.45, 2.75) is 310 Å². The zero-order chi connectivity index (χ0) is 82.9. The highest BCUT2D eigenvalue weighted by Gasteiger charge is 2.54. The topological polar surface area (TPSA) is 597 Å². The lowest BCUT2D eigenvalue weighted by Gasteiger charge is -2.46. The molecule has 658 valence electrons. The van der Waals surface area contributed by atoms with Gasteiger partial charge in [-0.25, -0.2) is 0 Å². The van der Waals surface area contributed by atoms with E-state index in [1.54, 1.807) is 20.8 Å². The molecule has 20 N–H and O–H groups in total. The van der Waals surface area contributed by atoms with Gasteiger partial charge in [0.2, 0.25) is 5.91 Å². The van der Waals surface area contributed by atoms with E-state index in [0.29, 0.717) is 25.1 Å². The van der Waals surface area contributed by atoms with Gasteiger partial charge in [-0.3, -0.25) is 9.59 Å². The largest absolute Gasteiger partial charge is 0.394 e. The normalized spacial score (nSPS) is 48.8. The Morgan fingerprint density at radius 2 is 0.469 bits per heavy atom. The lowest BCUT2D eigenvalue weighted by atomic mass is 9.91. The molecule has 1 amide bonds. The monoisotopic (exact) mass is 1660 g/mol. The molecular weight excluding hydrogens is 1530 g/mol. The van der Waals surface area contributed by atoms with Gasteiger partial charge < -0.3 is 188 Å². The molecule has 9 fully saturated rings. The van der Waals surface area contributed by atoms with Crippen LogP contribution in [-0.2, 0) is 94.9 Å². The van der Waals surface area contributed by atoms with E-state index in [-0.39, 0.29) is 30.7 Å². The first-order chi connectivity index (χ1) is 53.4. The molecule has 41 heteroatoms. The van der Waals surface area contributed by atoms with Crippen LogP contribution in [0, 0.1) is 53.3 Å². The molecule has 18 unspecified atom stereocenters. The van der Waals surface area contributed by atoms with Crippen molar-refractivity contribution in [1.82, 2.24) is 5.32 Å². The third-order valence-corrected chi connectivity index (χ3v) is 24.3. The molecule has 9 saturated heterocycles. The molecule has 9 aliphatic heterocycles. The molecule has 9 rings (SSSR count). The van der Waals surface area contributed by atoms with Crippen molar-refractivity contribution >= 4 is 22.8 Å². The predicted octanol–water partition coefficient (Wildman–Crippen LogP) is -7.56. The molecule has 0 aromatic carbocycles. The second kappa shape index (κ2) is 43.2. The van der Waals surface area contributed by atoms with E-state index < -0.39 is 328 Å². The average molecular weight is 1660 g/mol. The molecular formula is C72H125NO39S. The third-order valence-electron chi connectivity index (χ3n) is 23.4. The van der Waals surface area contributed by atoms with E-state index in [9.17, 15) is 107 Å².